The predicted molar refractivity (Wildman–Crippen MR) is 230 cm³/mol. The van der Waals surface area contributed by atoms with Gasteiger partial charge in [0.2, 0.25) is 5.95 Å². The minimum Gasteiger partial charge on any atom is -0.308 e. The summed E-state index contributed by atoms with van der Waals surface area (Å²) in [7, 11) is 0. The van der Waals surface area contributed by atoms with Gasteiger partial charge >= 0.3 is 0 Å². The molecular weight excluding hydrogens is 683 g/mol. The van der Waals surface area contributed by atoms with E-state index < -0.39 is 0 Å². The molecule has 5 nitrogen and oxygen atoms in total. The maximum atomic E-state index is 5.27. The van der Waals surface area contributed by atoms with Gasteiger partial charge in [-0.2, -0.15) is 9.97 Å². The molecule has 0 radical (unpaired) electrons. The molecule has 0 aliphatic carbocycles. The maximum Gasteiger partial charge on any atom is 0.238 e. The number of rotatable bonds is 6. The summed E-state index contributed by atoms with van der Waals surface area (Å²) in [6.07, 6.45) is 0. The molecule has 11 rings (SSSR count). The van der Waals surface area contributed by atoms with Crippen molar-refractivity contribution in [3.05, 3.63) is 200 Å². The Kier molecular flexibility index (Phi) is 7.42. The van der Waals surface area contributed by atoms with Crippen LogP contribution in [0.15, 0.2) is 200 Å². The number of aromatic nitrogens is 5. The standard InChI is InChI=1S/C51H33N5/c1-5-18-34(19-6-1)38-28-17-29-39(35-20-7-2-8-21-35)47(38)55-44-31-16-14-27-42(44)46-45(55)33-32-41-40-26-13-15-30-43(40)56(48(41)46)51-53-49(36-22-9-3-10-23-36)52-50(54-51)37-24-11-4-12-25-37/h1-33H. The molecular formula is C51H33N5. The van der Waals surface area contributed by atoms with E-state index in [4.69, 9.17) is 15.0 Å². The summed E-state index contributed by atoms with van der Waals surface area (Å²) >= 11 is 0. The lowest BCUT2D eigenvalue weighted by Crippen LogP contribution is -2.06. The van der Waals surface area contributed by atoms with E-state index in [-0.39, 0.29) is 0 Å². The molecule has 0 bridgehead atoms. The van der Waals surface area contributed by atoms with Gasteiger partial charge in [-0.05, 0) is 29.3 Å². The largest absolute Gasteiger partial charge is 0.308 e. The molecule has 0 spiro atoms. The highest BCUT2D eigenvalue weighted by Gasteiger charge is 2.25. The summed E-state index contributed by atoms with van der Waals surface area (Å²) in [5, 5.41) is 4.57. The molecule has 56 heavy (non-hydrogen) atoms. The van der Waals surface area contributed by atoms with Crippen molar-refractivity contribution in [2.75, 3.05) is 0 Å². The minimum absolute atomic E-state index is 0.572. The van der Waals surface area contributed by atoms with Gasteiger partial charge in [0.15, 0.2) is 11.6 Å². The molecule has 0 amide bonds. The van der Waals surface area contributed by atoms with E-state index in [1.165, 1.54) is 0 Å². The summed E-state index contributed by atoms with van der Waals surface area (Å²) in [5.41, 5.74) is 12.0. The molecule has 0 saturated carbocycles. The number of hydrogen-bond acceptors (Lipinski definition) is 3. The summed E-state index contributed by atoms with van der Waals surface area (Å²) < 4.78 is 4.72. The Morgan fingerprint density at radius 1 is 0.304 bits per heavy atom. The van der Waals surface area contributed by atoms with Gasteiger partial charge in [0.25, 0.3) is 0 Å². The summed E-state index contributed by atoms with van der Waals surface area (Å²) in [4.78, 5) is 15.6. The molecule has 8 aromatic carbocycles. The van der Waals surface area contributed by atoms with Crippen LogP contribution < -0.4 is 0 Å². The second kappa shape index (κ2) is 13.0. The third-order valence-electron chi connectivity index (χ3n) is 10.8. The van der Waals surface area contributed by atoms with E-state index in [1.54, 1.807) is 0 Å². The minimum atomic E-state index is 0.572. The Hall–Kier alpha value is -7.63. The van der Waals surface area contributed by atoms with Crippen molar-refractivity contribution in [3.63, 3.8) is 0 Å². The fraction of sp³-hybridized carbons (Fsp3) is 0. The average molecular weight is 716 g/mol. The van der Waals surface area contributed by atoms with Crippen LogP contribution in [-0.4, -0.2) is 24.1 Å². The summed E-state index contributed by atoms with van der Waals surface area (Å²) in [6, 6.07) is 70.4. The number of nitrogens with zero attached hydrogens (tertiary/aromatic N) is 5. The first kappa shape index (κ1) is 31.9. The van der Waals surface area contributed by atoms with Crippen LogP contribution in [0.1, 0.15) is 0 Å². The molecule has 3 aromatic heterocycles. The molecule has 0 aliphatic heterocycles. The van der Waals surface area contributed by atoms with Gasteiger partial charge in [0.05, 0.1) is 27.8 Å². The first-order valence-electron chi connectivity index (χ1n) is 18.9. The van der Waals surface area contributed by atoms with Crippen molar-refractivity contribution < 1.29 is 0 Å². The van der Waals surface area contributed by atoms with E-state index in [0.29, 0.717) is 17.6 Å². The van der Waals surface area contributed by atoms with Crippen LogP contribution in [-0.2, 0) is 0 Å². The molecule has 3 heterocycles. The quantitative estimate of drug-likeness (QED) is 0.172. The molecule has 0 N–H and O–H groups in total. The molecule has 0 unspecified atom stereocenters. The maximum absolute atomic E-state index is 5.27. The van der Waals surface area contributed by atoms with E-state index in [9.17, 15) is 0 Å². The lowest BCUT2D eigenvalue weighted by atomic mass is 9.95. The van der Waals surface area contributed by atoms with Gasteiger partial charge in [0, 0.05) is 43.8 Å². The van der Waals surface area contributed by atoms with Crippen molar-refractivity contribution in [2.24, 2.45) is 0 Å². The van der Waals surface area contributed by atoms with Crippen molar-refractivity contribution in [1.29, 1.82) is 0 Å². The number of benzene rings is 8. The second-order valence-corrected chi connectivity index (χ2v) is 14.0. The first-order valence-corrected chi connectivity index (χ1v) is 18.9. The smallest absolute Gasteiger partial charge is 0.238 e. The van der Waals surface area contributed by atoms with E-state index in [2.05, 4.69) is 173 Å². The number of para-hydroxylation sites is 3. The lowest BCUT2D eigenvalue weighted by Gasteiger charge is -2.19. The van der Waals surface area contributed by atoms with Crippen LogP contribution in [0.25, 0.3) is 100 Å². The first-order chi connectivity index (χ1) is 27.8. The SMILES string of the molecule is c1ccc(-c2nc(-c3ccccc3)nc(-n3c4ccccc4c4ccc5c(c6ccccc6n5-c5c(-c6ccccc6)cccc5-c5ccccc5)c43)n2)cc1. The number of hydrogen-bond donors (Lipinski definition) is 0. The fourth-order valence-electron chi connectivity index (χ4n) is 8.34. The van der Waals surface area contributed by atoms with E-state index in [1.807, 2.05) is 36.4 Å². The Morgan fingerprint density at radius 3 is 1.32 bits per heavy atom. The van der Waals surface area contributed by atoms with Crippen molar-refractivity contribution in [3.8, 4) is 56.7 Å². The van der Waals surface area contributed by atoms with Gasteiger partial charge in [-0.15, -0.1) is 0 Å². The summed E-state index contributed by atoms with van der Waals surface area (Å²) in [5.74, 6) is 1.82. The highest BCUT2D eigenvalue weighted by molar-refractivity contribution is 6.26. The molecule has 11 aromatic rings. The van der Waals surface area contributed by atoms with Crippen LogP contribution in [0.3, 0.4) is 0 Å². The highest BCUT2D eigenvalue weighted by Crippen LogP contribution is 2.45. The third kappa shape index (κ3) is 5.06. The zero-order valence-corrected chi connectivity index (χ0v) is 30.3. The normalized spacial score (nSPS) is 11.6. The van der Waals surface area contributed by atoms with Gasteiger partial charge in [-0.1, -0.05) is 182 Å². The fourth-order valence-corrected chi connectivity index (χ4v) is 8.34. The van der Waals surface area contributed by atoms with Crippen molar-refractivity contribution >= 4 is 43.6 Å². The lowest BCUT2D eigenvalue weighted by molar-refractivity contribution is 0.955. The van der Waals surface area contributed by atoms with E-state index >= 15 is 0 Å². The van der Waals surface area contributed by atoms with Crippen molar-refractivity contribution in [1.82, 2.24) is 24.1 Å². The topological polar surface area (TPSA) is 48.5 Å². The van der Waals surface area contributed by atoms with Crippen LogP contribution in [0.4, 0.5) is 0 Å². The molecule has 0 atom stereocenters. The molecule has 0 saturated heterocycles. The van der Waals surface area contributed by atoms with Crippen LogP contribution in [0, 0.1) is 0 Å². The Morgan fingerprint density at radius 2 is 0.768 bits per heavy atom. The second-order valence-electron chi connectivity index (χ2n) is 14.0. The van der Waals surface area contributed by atoms with E-state index in [0.717, 1.165) is 82.7 Å². The van der Waals surface area contributed by atoms with Crippen LogP contribution in [0.2, 0.25) is 0 Å². The van der Waals surface area contributed by atoms with Gasteiger partial charge < -0.3 is 4.57 Å². The zero-order chi connectivity index (χ0) is 37.0. The van der Waals surface area contributed by atoms with Gasteiger partial charge in [0.1, 0.15) is 0 Å². The zero-order valence-electron chi connectivity index (χ0n) is 30.3. The Bertz CT molecular complexity index is 3110. The third-order valence-corrected chi connectivity index (χ3v) is 10.8. The van der Waals surface area contributed by atoms with Gasteiger partial charge in [-0.3, -0.25) is 4.57 Å². The average Bonchev–Trinajstić information content (AvgIpc) is 3.80. The molecule has 262 valence electrons. The van der Waals surface area contributed by atoms with Crippen LogP contribution in [0.5, 0.6) is 0 Å². The number of fused-ring (bicyclic) bond motifs is 7. The Labute approximate surface area is 323 Å². The molecule has 0 aliphatic rings. The molecule has 5 heteroatoms. The van der Waals surface area contributed by atoms with Crippen LogP contribution >= 0.6 is 0 Å². The highest BCUT2D eigenvalue weighted by atomic mass is 15.2. The Balaban J connectivity index is 1.30. The summed E-state index contributed by atoms with van der Waals surface area (Å²) in [6.45, 7) is 0. The molecule has 0 fully saturated rings. The van der Waals surface area contributed by atoms with Crippen molar-refractivity contribution in [2.45, 2.75) is 0 Å². The monoisotopic (exact) mass is 715 g/mol. The van der Waals surface area contributed by atoms with Gasteiger partial charge in [-0.25, -0.2) is 4.98 Å². The predicted octanol–water partition coefficient (Wildman–Crippen LogP) is 12.7.